The molecule has 2 aromatic rings. The fourth-order valence-corrected chi connectivity index (χ4v) is 3.44. The predicted molar refractivity (Wildman–Crippen MR) is 111 cm³/mol. The van der Waals surface area contributed by atoms with Crippen LogP contribution in [0.4, 0.5) is 11.4 Å². The summed E-state index contributed by atoms with van der Waals surface area (Å²) in [5.74, 6) is -0.965. The molecule has 0 saturated heterocycles. The molecule has 0 heterocycles. The predicted octanol–water partition coefficient (Wildman–Crippen LogP) is 4.84. The highest BCUT2D eigenvalue weighted by atomic mass is 35.5. The minimum absolute atomic E-state index is 0.414. The van der Waals surface area contributed by atoms with Crippen molar-refractivity contribution in [2.75, 3.05) is 24.3 Å². The molecule has 7 heteroatoms. The molecule has 0 fully saturated rings. The number of nitrogens with one attached hydrogen (secondary N) is 1. The Hall–Kier alpha value is -2.18. The maximum Gasteiger partial charge on any atom is 0.303 e. The standard InChI is InChI=1S/C20H23ClN2O3S/c1-13(24)26-20(2,3)19(25)22-18-11-10-16(12-17(18)21)27-15-8-6-14(7-9-15)23(4)5/h6-12H,1-5H3,(H,22,25). The maximum atomic E-state index is 12.3. The van der Waals surface area contributed by atoms with E-state index >= 15 is 0 Å². The molecule has 0 atom stereocenters. The Balaban J connectivity index is 2.08. The van der Waals surface area contributed by atoms with E-state index in [9.17, 15) is 9.59 Å². The number of carbonyl (C=O) groups excluding carboxylic acids is 2. The van der Waals surface area contributed by atoms with Gasteiger partial charge in [-0.25, -0.2) is 0 Å². The van der Waals surface area contributed by atoms with E-state index in [1.54, 1.807) is 23.9 Å². The highest BCUT2D eigenvalue weighted by Gasteiger charge is 2.31. The van der Waals surface area contributed by atoms with Crippen molar-refractivity contribution in [2.45, 2.75) is 36.2 Å². The van der Waals surface area contributed by atoms with Gasteiger partial charge in [0, 0.05) is 36.5 Å². The topological polar surface area (TPSA) is 58.6 Å². The van der Waals surface area contributed by atoms with Crippen molar-refractivity contribution >= 4 is 46.6 Å². The van der Waals surface area contributed by atoms with Gasteiger partial charge < -0.3 is 15.0 Å². The Morgan fingerprint density at radius 1 is 1.07 bits per heavy atom. The van der Waals surface area contributed by atoms with E-state index in [1.165, 1.54) is 20.8 Å². The van der Waals surface area contributed by atoms with Crippen molar-refractivity contribution in [3.05, 3.63) is 47.5 Å². The second-order valence-corrected chi connectivity index (χ2v) is 8.24. The molecule has 0 bridgehead atoms. The van der Waals surface area contributed by atoms with Crippen LogP contribution in [0.25, 0.3) is 0 Å². The number of benzene rings is 2. The molecule has 0 unspecified atom stereocenters. The van der Waals surface area contributed by atoms with Gasteiger partial charge in [-0.1, -0.05) is 23.4 Å². The molecule has 27 heavy (non-hydrogen) atoms. The summed E-state index contributed by atoms with van der Waals surface area (Å²) in [6.07, 6.45) is 0. The van der Waals surface area contributed by atoms with Gasteiger partial charge in [0.2, 0.25) is 0 Å². The van der Waals surface area contributed by atoms with E-state index in [-0.39, 0.29) is 0 Å². The zero-order valence-electron chi connectivity index (χ0n) is 16.0. The zero-order chi connectivity index (χ0) is 20.2. The van der Waals surface area contributed by atoms with E-state index in [4.69, 9.17) is 16.3 Å². The molecule has 0 aromatic heterocycles. The molecule has 5 nitrogen and oxygen atoms in total. The number of amides is 1. The minimum Gasteiger partial charge on any atom is -0.450 e. The number of halogens is 1. The lowest BCUT2D eigenvalue weighted by Crippen LogP contribution is -2.41. The van der Waals surface area contributed by atoms with Crippen molar-refractivity contribution in [2.24, 2.45) is 0 Å². The van der Waals surface area contributed by atoms with Crippen LogP contribution in [0.3, 0.4) is 0 Å². The Labute approximate surface area is 169 Å². The van der Waals surface area contributed by atoms with E-state index < -0.39 is 17.5 Å². The molecule has 0 aliphatic heterocycles. The van der Waals surface area contributed by atoms with Crippen LogP contribution in [-0.4, -0.2) is 31.6 Å². The average Bonchev–Trinajstić information content (AvgIpc) is 2.56. The Kier molecular flexibility index (Phi) is 6.78. The van der Waals surface area contributed by atoms with Gasteiger partial charge in [-0.05, 0) is 56.3 Å². The summed E-state index contributed by atoms with van der Waals surface area (Å²) in [5.41, 5.74) is 0.316. The molecular weight excluding hydrogens is 384 g/mol. The number of hydrogen-bond donors (Lipinski definition) is 1. The Morgan fingerprint density at radius 2 is 1.67 bits per heavy atom. The van der Waals surface area contributed by atoms with Crippen LogP contribution in [0.15, 0.2) is 52.3 Å². The summed E-state index contributed by atoms with van der Waals surface area (Å²) in [6, 6.07) is 13.6. The Morgan fingerprint density at radius 3 is 2.19 bits per heavy atom. The lowest BCUT2D eigenvalue weighted by molar-refractivity contribution is -0.160. The Bertz CT molecular complexity index is 836. The first-order valence-electron chi connectivity index (χ1n) is 8.34. The summed E-state index contributed by atoms with van der Waals surface area (Å²) >= 11 is 7.90. The summed E-state index contributed by atoms with van der Waals surface area (Å²) in [6.45, 7) is 4.32. The third kappa shape index (κ3) is 5.91. The van der Waals surface area contributed by atoms with Gasteiger partial charge in [0.1, 0.15) is 0 Å². The number of rotatable bonds is 6. The van der Waals surface area contributed by atoms with Gasteiger partial charge in [0.15, 0.2) is 5.60 Å². The molecule has 1 N–H and O–H groups in total. The van der Waals surface area contributed by atoms with Crippen LogP contribution < -0.4 is 10.2 Å². The molecule has 144 valence electrons. The van der Waals surface area contributed by atoms with Crippen molar-refractivity contribution < 1.29 is 14.3 Å². The summed E-state index contributed by atoms with van der Waals surface area (Å²) < 4.78 is 5.04. The number of ether oxygens (including phenoxy) is 1. The van der Waals surface area contributed by atoms with Crippen LogP contribution in [0.2, 0.25) is 5.02 Å². The number of anilines is 2. The zero-order valence-corrected chi connectivity index (χ0v) is 17.6. The molecule has 0 saturated carbocycles. The fourth-order valence-electron chi connectivity index (χ4n) is 2.29. The number of nitrogens with zero attached hydrogens (tertiary/aromatic N) is 1. The number of esters is 1. The monoisotopic (exact) mass is 406 g/mol. The largest absolute Gasteiger partial charge is 0.450 e. The minimum atomic E-state index is -1.28. The third-order valence-corrected chi connectivity index (χ3v) is 5.03. The maximum absolute atomic E-state index is 12.3. The lowest BCUT2D eigenvalue weighted by Gasteiger charge is -2.23. The van der Waals surface area contributed by atoms with Crippen LogP contribution >= 0.6 is 23.4 Å². The van der Waals surface area contributed by atoms with Gasteiger partial charge in [-0.15, -0.1) is 0 Å². The summed E-state index contributed by atoms with van der Waals surface area (Å²) in [7, 11) is 4.00. The summed E-state index contributed by atoms with van der Waals surface area (Å²) in [5, 5.41) is 3.12. The molecule has 2 rings (SSSR count). The molecule has 0 aliphatic carbocycles. The first-order valence-corrected chi connectivity index (χ1v) is 9.54. The quantitative estimate of drug-likeness (QED) is 0.695. The SMILES string of the molecule is CC(=O)OC(C)(C)C(=O)Nc1ccc(Sc2ccc(N(C)C)cc2)cc1Cl. The summed E-state index contributed by atoms with van der Waals surface area (Å²) in [4.78, 5) is 27.5. The van der Waals surface area contributed by atoms with E-state index in [2.05, 4.69) is 17.4 Å². The first-order chi connectivity index (χ1) is 12.6. The smallest absolute Gasteiger partial charge is 0.303 e. The van der Waals surface area contributed by atoms with Crippen molar-refractivity contribution in [1.82, 2.24) is 0 Å². The van der Waals surface area contributed by atoms with Crippen LogP contribution in [-0.2, 0) is 14.3 Å². The molecule has 0 aliphatic rings. The lowest BCUT2D eigenvalue weighted by atomic mass is 10.1. The van der Waals surface area contributed by atoms with Crippen molar-refractivity contribution in [1.29, 1.82) is 0 Å². The van der Waals surface area contributed by atoms with Gasteiger partial charge in [-0.2, -0.15) is 0 Å². The van der Waals surface area contributed by atoms with E-state index in [0.717, 1.165) is 15.5 Å². The highest BCUT2D eigenvalue weighted by Crippen LogP contribution is 2.33. The number of hydrogen-bond acceptors (Lipinski definition) is 5. The van der Waals surface area contributed by atoms with Crippen molar-refractivity contribution in [3.63, 3.8) is 0 Å². The van der Waals surface area contributed by atoms with Gasteiger partial charge in [-0.3, -0.25) is 9.59 Å². The van der Waals surface area contributed by atoms with Gasteiger partial charge in [0.25, 0.3) is 5.91 Å². The second-order valence-electron chi connectivity index (χ2n) is 6.69. The average molecular weight is 407 g/mol. The van der Waals surface area contributed by atoms with Crippen molar-refractivity contribution in [3.8, 4) is 0 Å². The van der Waals surface area contributed by atoms with Gasteiger partial charge >= 0.3 is 5.97 Å². The third-order valence-electron chi connectivity index (χ3n) is 3.72. The van der Waals surface area contributed by atoms with Crippen LogP contribution in [0, 0.1) is 0 Å². The normalized spacial score (nSPS) is 11.0. The molecule has 0 radical (unpaired) electrons. The van der Waals surface area contributed by atoms with Crippen LogP contribution in [0.1, 0.15) is 20.8 Å². The van der Waals surface area contributed by atoms with Crippen LogP contribution in [0.5, 0.6) is 0 Å². The molecular formula is C20H23ClN2O3S. The fraction of sp³-hybridized carbons (Fsp3) is 0.300. The highest BCUT2D eigenvalue weighted by molar-refractivity contribution is 7.99. The van der Waals surface area contributed by atoms with E-state index in [0.29, 0.717) is 10.7 Å². The molecule has 0 spiro atoms. The molecule has 2 aromatic carbocycles. The van der Waals surface area contributed by atoms with Gasteiger partial charge in [0.05, 0.1) is 10.7 Å². The second kappa shape index (κ2) is 8.67. The number of carbonyl (C=O) groups is 2. The van der Waals surface area contributed by atoms with E-state index in [1.807, 2.05) is 37.2 Å². The molecule has 1 amide bonds. The first kappa shape index (κ1) is 21.1.